The van der Waals surface area contributed by atoms with Crippen molar-refractivity contribution >= 4 is 0 Å². The van der Waals surface area contributed by atoms with Crippen LogP contribution in [0, 0.1) is 12.3 Å². The molecule has 1 nitrogen and oxygen atoms in total. The highest BCUT2D eigenvalue weighted by Crippen LogP contribution is 2.03. The Morgan fingerprint density at radius 3 is 2.55 bits per heavy atom. The molecule has 0 aliphatic heterocycles. The van der Waals surface area contributed by atoms with Crippen LogP contribution in [-0.4, -0.2) is 12.7 Å². The van der Waals surface area contributed by atoms with Gasteiger partial charge in [0.25, 0.3) is 0 Å². The van der Waals surface area contributed by atoms with Crippen LogP contribution in [0.25, 0.3) is 0 Å². The summed E-state index contributed by atoms with van der Waals surface area (Å²) in [6.45, 7) is 4.96. The molecule has 0 aromatic rings. The average molecular weight is 153 g/mol. The van der Waals surface area contributed by atoms with E-state index in [2.05, 4.69) is 19.8 Å². The molecule has 0 heterocycles. The van der Waals surface area contributed by atoms with Gasteiger partial charge in [-0.05, 0) is 19.3 Å². The first kappa shape index (κ1) is 10.5. The minimum absolute atomic E-state index is 0.0603. The van der Waals surface area contributed by atoms with Crippen molar-refractivity contribution in [1.29, 1.82) is 0 Å². The molecule has 0 spiro atoms. The first-order chi connectivity index (χ1) is 5.35. The number of rotatable bonds is 6. The summed E-state index contributed by atoms with van der Waals surface area (Å²) in [7, 11) is 0. The van der Waals surface area contributed by atoms with Crippen LogP contribution in [0.3, 0.4) is 0 Å². The SMILES string of the molecule is [C]#CC(CCCC)OCCC. The topological polar surface area (TPSA) is 9.23 Å². The second-order valence-corrected chi connectivity index (χ2v) is 2.65. The third kappa shape index (κ3) is 5.94. The zero-order valence-electron chi connectivity index (χ0n) is 7.52. The monoisotopic (exact) mass is 153 g/mol. The molecule has 1 radical (unpaired) electrons. The average Bonchev–Trinajstić information content (AvgIpc) is 2.05. The van der Waals surface area contributed by atoms with E-state index in [-0.39, 0.29) is 6.10 Å². The van der Waals surface area contributed by atoms with E-state index in [1.54, 1.807) is 0 Å². The Morgan fingerprint density at radius 1 is 1.36 bits per heavy atom. The summed E-state index contributed by atoms with van der Waals surface area (Å²) in [6.07, 6.45) is 11.1. The lowest BCUT2D eigenvalue weighted by molar-refractivity contribution is 0.0846. The zero-order valence-corrected chi connectivity index (χ0v) is 7.52. The summed E-state index contributed by atoms with van der Waals surface area (Å²) in [5, 5.41) is 0. The van der Waals surface area contributed by atoms with Gasteiger partial charge in [-0.1, -0.05) is 32.6 Å². The second-order valence-electron chi connectivity index (χ2n) is 2.65. The maximum absolute atomic E-state index is 6.94. The molecule has 0 aromatic heterocycles. The number of unbranched alkanes of at least 4 members (excludes halogenated alkanes) is 1. The Balaban J connectivity index is 3.35. The maximum Gasteiger partial charge on any atom is 0.119 e. The lowest BCUT2D eigenvalue weighted by atomic mass is 10.2. The van der Waals surface area contributed by atoms with Crippen molar-refractivity contribution in [2.24, 2.45) is 0 Å². The van der Waals surface area contributed by atoms with Crippen molar-refractivity contribution in [2.75, 3.05) is 6.61 Å². The van der Waals surface area contributed by atoms with Crippen LogP contribution >= 0.6 is 0 Å². The van der Waals surface area contributed by atoms with Crippen LogP contribution in [-0.2, 0) is 4.74 Å². The van der Waals surface area contributed by atoms with Crippen LogP contribution in [0.1, 0.15) is 39.5 Å². The largest absolute Gasteiger partial charge is 0.366 e. The van der Waals surface area contributed by atoms with E-state index in [0.717, 1.165) is 32.3 Å². The van der Waals surface area contributed by atoms with Gasteiger partial charge in [-0.3, -0.25) is 0 Å². The predicted octanol–water partition coefficient (Wildman–Crippen LogP) is 2.56. The van der Waals surface area contributed by atoms with Crippen LogP contribution in [0.4, 0.5) is 0 Å². The molecule has 11 heavy (non-hydrogen) atoms. The molecule has 0 rings (SSSR count). The molecule has 1 atom stereocenters. The molecule has 0 saturated heterocycles. The highest BCUT2D eigenvalue weighted by Gasteiger charge is 2.02. The third-order valence-corrected chi connectivity index (χ3v) is 1.50. The van der Waals surface area contributed by atoms with Crippen LogP contribution < -0.4 is 0 Å². The Labute approximate surface area is 70.1 Å². The van der Waals surface area contributed by atoms with Crippen molar-refractivity contribution in [3.8, 4) is 5.92 Å². The minimum Gasteiger partial charge on any atom is -0.366 e. The van der Waals surface area contributed by atoms with Gasteiger partial charge < -0.3 is 4.74 Å². The van der Waals surface area contributed by atoms with Gasteiger partial charge in [-0.2, -0.15) is 0 Å². The minimum atomic E-state index is -0.0603. The standard InChI is InChI=1S/C10H17O/c1-4-7-8-10(6-3)11-9-5-2/h10H,4-5,7-9H2,1-2H3. The second kappa shape index (κ2) is 7.63. The molecule has 0 amide bonds. The number of hydrogen-bond donors (Lipinski definition) is 0. The van der Waals surface area contributed by atoms with Gasteiger partial charge in [0, 0.05) is 6.61 Å². The van der Waals surface area contributed by atoms with Gasteiger partial charge in [-0.15, -0.1) is 0 Å². The molecule has 0 saturated carbocycles. The molecule has 63 valence electrons. The van der Waals surface area contributed by atoms with E-state index < -0.39 is 0 Å². The van der Waals surface area contributed by atoms with Crippen LogP contribution in [0.5, 0.6) is 0 Å². The molecule has 0 aromatic carbocycles. The predicted molar refractivity (Wildman–Crippen MR) is 46.7 cm³/mol. The quantitative estimate of drug-likeness (QED) is 0.533. The van der Waals surface area contributed by atoms with E-state index in [1.165, 1.54) is 0 Å². The van der Waals surface area contributed by atoms with E-state index in [0.29, 0.717) is 0 Å². The number of ether oxygens (including phenoxy) is 1. The molecule has 0 aliphatic carbocycles. The molecule has 0 aliphatic rings. The summed E-state index contributed by atoms with van der Waals surface area (Å²) in [6, 6.07) is 0. The van der Waals surface area contributed by atoms with Gasteiger partial charge in [0.1, 0.15) is 6.10 Å². The Kier molecular flexibility index (Phi) is 7.29. The lowest BCUT2D eigenvalue weighted by Gasteiger charge is -2.09. The van der Waals surface area contributed by atoms with E-state index in [4.69, 9.17) is 11.2 Å². The van der Waals surface area contributed by atoms with E-state index in [1.807, 2.05) is 0 Å². The summed E-state index contributed by atoms with van der Waals surface area (Å²) in [5.74, 6) is 2.40. The fourth-order valence-electron chi connectivity index (χ4n) is 0.847. The van der Waals surface area contributed by atoms with E-state index in [9.17, 15) is 0 Å². The summed E-state index contributed by atoms with van der Waals surface area (Å²) >= 11 is 0. The molecule has 0 N–H and O–H groups in total. The highest BCUT2D eigenvalue weighted by molar-refractivity contribution is 4.88. The fourth-order valence-corrected chi connectivity index (χ4v) is 0.847. The van der Waals surface area contributed by atoms with Crippen molar-refractivity contribution in [1.82, 2.24) is 0 Å². The molecule has 1 unspecified atom stereocenters. The Hall–Kier alpha value is -0.480. The van der Waals surface area contributed by atoms with Crippen LogP contribution in [0.15, 0.2) is 0 Å². The van der Waals surface area contributed by atoms with Crippen molar-refractivity contribution in [3.05, 3.63) is 6.42 Å². The third-order valence-electron chi connectivity index (χ3n) is 1.50. The summed E-state index contributed by atoms with van der Waals surface area (Å²) in [5.41, 5.74) is 0. The van der Waals surface area contributed by atoms with Gasteiger partial charge in [0.15, 0.2) is 0 Å². The smallest absolute Gasteiger partial charge is 0.119 e. The molecule has 0 fully saturated rings. The highest BCUT2D eigenvalue weighted by atomic mass is 16.5. The zero-order chi connectivity index (χ0) is 8.53. The van der Waals surface area contributed by atoms with Gasteiger partial charge in [0.2, 0.25) is 0 Å². The van der Waals surface area contributed by atoms with Crippen LogP contribution in [0.2, 0.25) is 0 Å². The molecule has 1 heteroatoms. The van der Waals surface area contributed by atoms with Gasteiger partial charge in [-0.25, -0.2) is 0 Å². The van der Waals surface area contributed by atoms with Crippen molar-refractivity contribution in [2.45, 2.75) is 45.6 Å². The Morgan fingerprint density at radius 2 is 2.09 bits per heavy atom. The van der Waals surface area contributed by atoms with Crippen molar-refractivity contribution < 1.29 is 4.74 Å². The Bertz CT molecular complexity index is 105. The lowest BCUT2D eigenvalue weighted by Crippen LogP contribution is -2.10. The fraction of sp³-hybridized carbons (Fsp3) is 0.800. The van der Waals surface area contributed by atoms with E-state index >= 15 is 0 Å². The maximum atomic E-state index is 6.94. The normalized spacial score (nSPS) is 12.5. The number of hydrogen-bond acceptors (Lipinski definition) is 1. The molecular weight excluding hydrogens is 136 g/mol. The summed E-state index contributed by atoms with van der Waals surface area (Å²) in [4.78, 5) is 0. The first-order valence-electron chi connectivity index (χ1n) is 4.39. The first-order valence-corrected chi connectivity index (χ1v) is 4.39. The van der Waals surface area contributed by atoms with Crippen molar-refractivity contribution in [3.63, 3.8) is 0 Å². The van der Waals surface area contributed by atoms with Gasteiger partial charge >= 0.3 is 0 Å². The molecule has 0 bridgehead atoms. The molecular formula is C10H17O. The van der Waals surface area contributed by atoms with Gasteiger partial charge in [0.05, 0.1) is 0 Å². The summed E-state index contributed by atoms with van der Waals surface area (Å²) < 4.78 is 5.34.